The highest BCUT2D eigenvalue weighted by molar-refractivity contribution is 5.78. The zero-order valence-corrected chi connectivity index (χ0v) is 13.1. The van der Waals surface area contributed by atoms with Crippen LogP contribution in [0, 0.1) is 6.92 Å². The van der Waals surface area contributed by atoms with Crippen molar-refractivity contribution in [1.29, 1.82) is 0 Å². The van der Waals surface area contributed by atoms with Crippen LogP contribution in [0.3, 0.4) is 0 Å². The fraction of sp³-hybridized carbons (Fsp3) is 0.688. The Morgan fingerprint density at radius 1 is 1.33 bits per heavy atom. The number of likely N-dealkylation sites (tertiary alicyclic amines) is 1. The molecule has 2 rings (SSSR count). The van der Waals surface area contributed by atoms with Gasteiger partial charge in [0.25, 0.3) is 0 Å². The number of hydrogen-bond donors (Lipinski definition) is 1. The van der Waals surface area contributed by atoms with Gasteiger partial charge in [0, 0.05) is 20.2 Å². The Bertz CT molecular complexity index is 436. The average molecular weight is 294 g/mol. The van der Waals surface area contributed by atoms with Crippen LogP contribution in [0.15, 0.2) is 16.5 Å². The summed E-state index contributed by atoms with van der Waals surface area (Å²) in [4.78, 5) is 14.3. The molecule has 0 radical (unpaired) electrons. The minimum Gasteiger partial charge on any atom is -0.465 e. The lowest BCUT2D eigenvalue weighted by Gasteiger charge is -2.22. The number of methoxy groups -OCH3 is 1. The van der Waals surface area contributed by atoms with Crippen LogP contribution in [-0.4, -0.2) is 44.2 Å². The topological polar surface area (TPSA) is 54.7 Å². The lowest BCUT2D eigenvalue weighted by molar-refractivity contribution is -0.130. The van der Waals surface area contributed by atoms with Crippen molar-refractivity contribution in [3.8, 4) is 0 Å². The summed E-state index contributed by atoms with van der Waals surface area (Å²) in [5, 5.41) is 3.26. The van der Waals surface area contributed by atoms with Crippen LogP contribution in [0.4, 0.5) is 0 Å². The fourth-order valence-corrected chi connectivity index (χ4v) is 2.69. The van der Waals surface area contributed by atoms with Crippen molar-refractivity contribution in [2.45, 2.75) is 38.6 Å². The minimum atomic E-state index is -0.0837. The predicted octanol–water partition coefficient (Wildman–Crippen LogP) is 2.27. The molecule has 1 aliphatic rings. The van der Waals surface area contributed by atoms with Crippen molar-refractivity contribution in [2.24, 2.45) is 0 Å². The first-order valence-electron chi connectivity index (χ1n) is 7.77. The highest BCUT2D eigenvalue weighted by Crippen LogP contribution is 2.17. The first kappa shape index (κ1) is 16.0. The van der Waals surface area contributed by atoms with Crippen LogP contribution in [0.25, 0.3) is 0 Å². The Balaban J connectivity index is 1.87. The molecule has 0 saturated carbocycles. The molecule has 1 aromatic rings. The maximum absolute atomic E-state index is 12.3. The lowest BCUT2D eigenvalue weighted by Crippen LogP contribution is -2.40. The van der Waals surface area contributed by atoms with Gasteiger partial charge in [0.05, 0.1) is 19.2 Å². The quantitative estimate of drug-likeness (QED) is 0.874. The monoisotopic (exact) mass is 294 g/mol. The van der Waals surface area contributed by atoms with E-state index < -0.39 is 0 Å². The van der Waals surface area contributed by atoms with E-state index in [2.05, 4.69) is 5.32 Å². The van der Waals surface area contributed by atoms with Crippen molar-refractivity contribution in [2.75, 3.05) is 33.4 Å². The minimum absolute atomic E-state index is 0.0837. The van der Waals surface area contributed by atoms with E-state index >= 15 is 0 Å². The Morgan fingerprint density at radius 3 is 2.62 bits per heavy atom. The maximum atomic E-state index is 12.3. The first-order chi connectivity index (χ1) is 10.2. The Hall–Kier alpha value is -1.33. The van der Waals surface area contributed by atoms with Crippen LogP contribution in [-0.2, 0) is 9.53 Å². The Morgan fingerprint density at radius 2 is 2.05 bits per heavy atom. The van der Waals surface area contributed by atoms with Gasteiger partial charge in [-0.1, -0.05) is 12.8 Å². The van der Waals surface area contributed by atoms with E-state index in [1.54, 1.807) is 7.11 Å². The SMILES string of the molecule is COCC(NCC(=O)N1CCCCCC1)c1ccc(C)o1. The molecule has 1 N–H and O–H groups in total. The smallest absolute Gasteiger partial charge is 0.236 e. The number of hydrogen-bond acceptors (Lipinski definition) is 4. The number of carbonyl (C=O) groups excluding carboxylic acids is 1. The van der Waals surface area contributed by atoms with Gasteiger partial charge >= 0.3 is 0 Å². The molecule has 118 valence electrons. The summed E-state index contributed by atoms with van der Waals surface area (Å²) in [6, 6.07) is 3.78. The number of furan rings is 1. The summed E-state index contributed by atoms with van der Waals surface area (Å²) < 4.78 is 10.8. The number of nitrogens with one attached hydrogen (secondary N) is 1. The van der Waals surface area contributed by atoms with E-state index in [9.17, 15) is 4.79 Å². The summed E-state index contributed by atoms with van der Waals surface area (Å²) in [6.07, 6.45) is 4.69. The molecule has 1 saturated heterocycles. The molecule has 1 fully saturated rings. The molecule has 2 heterocycles. The van der Waals surface area contributed by atoms with Crippen molar-refractivity contribution < 1.29 is 13.9 Å². The zero-order chi connectivity index (χ0) is 15.1. The fourth-order valence-electron chi connectivity index (χ4n) is 2.69. The second-order valence-corrected chi connectivity index (χ2v) is 5.63. The van der Waals surface area contributed by atoms with Crippen LogP contribution in [0.2, 0.25) is 0 Å². The van der Waals surface area contributed by atoms with E-state index in [0.717, 1.165) is 37.5 Å². The van der Waals surface area contributed by atoms with E-state index in [4.69, 9.17) is 9.15 Å². The van der Waals surface area contributed by atoms with Gasteiger partial charge in [-0.15, -0.1) is 0 Å². The molecule has 1 unspecified atom stereocenters. The second-order valence-electron chi connectivity index (χ2n) is 5.63. The summed E-state index contributed by atoms with van der Waals surface area (Å²) in [5.41, 5.74) is 0. The van der Waals surface area contributed by atoms with Gasteiger partial charge in [0.2, 0.25) is 5.91 Å². The third-order valence-electron chi connectivity index (χ3n) is 3.90. The number of aryl methyl sites for hydroxylation is 1. The summed E-state index contributed by atoms with van der Waals surface area (Å²) >= 11 is 0. The van der Waals surface area contributed by atoms with Crippen molar-refractivity contribution in [1.82, 2.24) is 10.2 Å². The Kier molecular flexibility index (Phi) is 6.26. The summed E-state index contributed by atoms with van der Waals surface area (Å²) in [5.74, 6) is 1.85. The van der Waals surface area contributed by atoms with Gasteiger partial charge in [-0.05, 0) is 31.9 Å². The van der Waals surface area contributed by atoms with Crippen molar-refractivity contribution >= 4 is 5.91 Å². The van der Waals surface area contributed by atoms with Gasteiger partial charge in [0.15, 0.2) is 0 Å². The van der Waals surface area contributed by atoms with Crippen LogP contribution >= 0.6 is 0 Å². The summed E-state index contributed by atoms with van der Waals surface area (Å²) in [7, 11) is 1.65. The lowest BCUT2D eigenvalue weighted by atomic mass is 10.2. The van der Waals surface area contributed by atoms with Crippen molar-refractivity contribution in [3.05, 3.63) is 23.7 Å². The number of ether oxygens (including phenoxy) is 1. The largest absolute Gasteiger partial charge is 0.465 e. The molecule has 0 aliphatic carbocycles. The first-order valence-corrected chi connectivity index (χ1v) is 7.77. The molecule has 1 amide bonds. The molecule has 0 bridgehead atoms. The van der Waals surface area contributed by atoms with Gasteiger partial charge in [-0.3, -0.25) is 10.1 Å². The zero-order valence-electron chi connectivity index (χ0n) is 13.1. The van der Waals surface area contributed by atoms with E-state index in [1.807, 2.05) is 24.0 Å². The van der Waals surface area contributed by atoms with Crippen molar-refractivity contribution in [3.63, 3.8) is 0 Å². The van der Waals surface area contributed by atoms with Gasteiger partial charge < -0.3 is 14.1 Å². The van der Waals surface area contributed by atoms with E-state index in [0.29, 0.717) is 13.2 Å². The molecule has 5 nitrogen and oxygen atoms in total. The third kappa shape index (κ3) is 4.86. The standard InChI is InChI=1S/C16H26N2O3/c1-13-7-8-15(21-13)14(12-20-2)17-11-16(19)18-9-5-3-4-6-10-18/h7-8,14,17H,3-6,9-12H2,1-2H3. The van der Waals surface area contributed by atoms with Gasteiger partial charge in [0.1, 0.15) is 11.5 Å². The molecular formula is C16H26N2O3. The molecule has 21 heavy (non-hydrogen) atoms. The molecular weight excluding hydrogens is 268 g/mol. The molecule has 0 spiro atoms. The summed E-state index contributed by atoms with van der Waals surface area (Å²) in [6.45, 7) is 4.49. The predicted molar refractivity (Wildman–Crippen MR) is 81.1 cm³/mol. The molecule has 5 heteroatoms. The highest BCUT2D eigenvalue weighted by Gasteiger charge is 2.19. The maximum Gasteiger partial charge on any atom is 0.236 e. The van der Waals surface area contributed by atoms with E-state index in [-0.39, 0.29) is 11.9 Å². The number of amides is 1. The highest BCUT2D eigenvalue weighted by atomic mass is 16.5. The van der Waals surface area contributed by atoms with Crippen LogP contribution < -0.4 is 5.32 Å². The van der Waals surface area contributed by atoms with Crippen LogP contribution in [0.5, 0.6) is 0 Å². The Labute approximate surface area is 126 Å². The number of rotatable bonds is 6. The molecule has 1 aromatic heterocycles. The van der Waals surface area contributed by atoms with Crippen LogP contribution in [0.1, 0.15) is 43.2 Å². The molecule has 1 aliphatic heterocycles. The third-order valence-corrected chi connectivity index (χ3v) is 3.90. The normalized spacial score (nSPS) is 17.5. The average Bonchev–Trinajstić information content (AvgIpc) is 2.75. The molecule has 0 aromatic carbocycles. The van der Waals surface area contributed by atoms with Gasteiger partial charge in [-0.25, -0.2) is 0 Å². The number of carbonyl (C=O) groups is 1. The number of nitrogens with zero attached hydrogens (tertiary/aromatic N) is 1. The van der Waals surface area contributed by atoms with E-state index in [1.165, 1.54) is 12.8 Å². The molecule has 1 atom stereocenters. The second kappa shape index (κ2) is 8.20. The van der Waals surface area contributed by atoms with Gasteiger partial charge in [-0.2, -0.15) is 0 Å².